The van der Waals surface area contributed by atoms with E-state index in [0.29, 0.717) is 36.8 Å². The molecule has 0 atom stereocenters. The van der Waals surface area contributed by atoms with Crippen molar-refractivity contribution in [1.29, 1.82) is 0 Å². The predicted octanol–water partition coefficient (Wildman–Crippen LogP) is 0.908. The Morgan fingerprint density at radius 3 is 2.70 bits per heavy atom. The second-order valence-electron chi connectivity index (χ2n) is 7.82. The van der Waals surface area contributed by atoms with Gasteiger partial charge in [-0.15, -0.1) is 15.3 Å². The summed E-state index contributed by atoms with van der Waals surface area (Å²) >= 11 is 0. The Bertz CT molecular complexity index is 1080. The van der Waals surface area contributed by atoms with Gasteiger partial charge in [0, 0.05) is 37.8 Å². The number of rotatable bonds is 5. The van der Waals surface area contributed by atoms with E-state index in [1.807, 2.05) is 35.2 Å². The zero-order valence-corrected chi connectivity index (χ0v) is 16.6. The number of hydrogen-bond acceptors (Lipinski definition) is 6. The van der Waals surface area contributed by atoms with Gasteiger partial charge in [-0.25, -0.2) is 0 Å². The first-order valence-electron chi connectivity index (χ1n) is 10.3. The van der Waals surface area contributed by atoms with Crippen LogP contribution < -0.4 is 10.2 Å². The summed E-state index contributed by atoms with van der Waals surface area (Å²) in [6.45, 7) is 2.72. The monoisotopic (exact) mass is 405 g/mol. The van der Waals surface area contributed by atoms with E-state index in [1.54, 1.807) is 16.9 Å². The average Bonchev–Trinajstić information content (AvgIpc) is 3.46. The average molecular weight is 405 g/mol. The van der Waals surface area contributed by atoms with Crippen molar-refractivity contribution < 1.29 is 9.59 Å². The molecular formula is C21H23N7O2. The summed E-state index contributed by atoms with van der Waals surface area (Å²) in [7, 11) is 0. The highest BCUT2D eigenvalue weighted by atomic mass is 16.2. The van der Waals surface area contributed by atoms with E-state index in [4.69, 9.17) is 0 Å². The maximum atomic E-state index is 12.8. The van der Waals surface area contributed by atoms with Crippen LogP contribution in [0.2, 0.25) is 0 Å². The molecule has 1 N–H and O–H groups in total. The highest BCUT2D eigenvalue weighted by molar-refractivity contribution is 5.95. The van der Waals surface area contributed by atoms with Crippen LogP contribution in [0.5, 0.6) is 0 Å². The van der Waals surface area contributed by atoms with E-state index in [-0.39, 0.29) is 11.8 Å². The predicted molar refractivity (Wildman–Crippen MR) is 110 cm³/mol. The molecule has 30 heavy (non-hydrogen) atoms. The Labute approximate surface area is 173 Å². The molecule has 2 aromatic heterocycles. The fourth-order valence-corrected chi connectivity index (χ4v) is 3.68. The van der Waals surface area contributed by atoms with Crippen molar-refractivity contribution in [2.24, 2.45) is 0 Å². The van der Waals surface area contributed by atoms with Crippen LogP contribution in [0.4, 0.5) is 5.82 Å². The first kappa shape index (κ1) is 18.5. The summed E-state index contributed by atoms with van der Waals surface area (Å²) in [6, 6.07) is 11.5. The molecule has 0 bridgehead atoms. The quantitative estimate of drug-likeness (QED) is 0.678. The molecule has 1 aliphatic carbocycles. The number of nitrogens with one attached hydrogen (secondary N) is 1. The number of carbonyl (C=O) groups is 2. The Kier molecular flexibility index (Phi) is 4.78. The van der Waals surface area contributed by atoms with Crippen LogP contribution in [0.15, 0.2) is 42.7 Å². The molecule has 1 saturated carbocycles. The number of carbonyl (C=O) groups excluding carboxylic acids is 2. The zero-order valence-electron chi connectivity index (χ0n) is 16.6. The molecule has 0 unspecified atom stereocenters. The van der Waals surface area contributed by atoms with Crippen molar-refractivity contribution in [2.45, 2.75) is 25.3 Å². The number of benzene rings is 1. The van der Waals surface area contributed by atoms with Crippen molar-refractivity contribution in [3.8, 4) is 0 Å². The lowest BCUT2D eigenvalue weighted by molar-refractivity contribution is -0.130. The third-order valence-electron chi connectivity index (χ3n) is 5.56. The Morgan fingerprint density at radius 2 is 1.90 bits per heavy atom. The van der Waals surface area contributed by atoms with Gasteiger partial charge in [0.25, 0.3) is 5.91 Å². The van der Waals surface area contributed by atoms with Gasteiger partial charge in [0.05, 0.1) is 6.42 Å². The van der Waals surface area contributed by atoms with Crippen LogP contribution >= 0.6 is 0 Å². The summed E-state index contributed by atoms with van der Waals surface area (Å²) in [5.41, 5.74) is 2.19. The van der Waals surface area contributed by atoms with Gasteiger partial charge in [-0.1, -0.05) is 12.1 Å². The molecule has 1 aromatic carbocycles. The molecule has 3 heterocycles. The van der Waals surface area contributed by atoms with Gasteiger partial charge in [0.1, 0.15) is 12.1 Å². The summed E-state index contributed by atoms with van der Waals surface area (Å²) in [5, 5.41) is 15.3. The lowest BCUT2D eigenvalue weighted by atomic mass is 10.1. The van der Waals surface area contributed by atoms with Crippen LogP contribution in [-0.4, -0.2) is 68.7 Å². The maximum Gasteiger partial charge on any atom is 0.251 e. The van der Waals surface area contributed by atoms with E-state index in [1.165, 1.54) is 0 Å². The highest BCUT2D eigenvalue weighted by Gasteiger charge is 2.25. The van der Waals surface area contributed by atoms with Crippen molar-refractivity contribution in [1.82, 2.24) is 30.0 Å². The lowest BCUT2D eigenvalue weighted by Crippen LogP contribution is -2.49. The zero-order chi connectivity index (χ0) is 20.5. The fourth-order valence-electron chi connectivity index (χ4n) is 3.68. The van der Waals surface area contributed by atoms with E-state index in [9.17, 15) is 9.59 Å². The number of anilines is 1. The molecule has 154 valence electrons. The normalized spacial score (nSPS) is 16.7. The number of nitrogens with zero attached hydrogens (tertiary/aromatic N) is 6. The second kappa shape index (κ2) is 7.74. The largest absolute Gasteiger partial charge is 0.352 e. The second-order valence-corrected chi connectivity index (χ2v) is 7.82. The Balaban J connectivity index is 1.18. The fraction of sp³-hybridized carbons (Fsp3) is 0.381. The molecule has 2 aliphatic rings. The SMILES string of the molecule is O=C(NC1CC1)c1cccc(CC(=O)N2CCN(c3ccc4nncn4n3)CC2)c1. The van der Waals surface area contributed by atoms with Crippen LogP contribution in [-0.2, 0) is 11.2 Å². The minimum atomic E-state index is -0.0574. The van der Waals surface area contributed by atoms with Crippen molar-refractivity contribution in [3.05, 3.63) is 53.9 Å². The molecular weight excluding hydrogens is 382 g/mol. The van der Waals surface area contributed by atoms with Crippen LogP contribution in [0.3, 0.4) is 0 Å². The van der Waals surface area contributed by atoms with E-state index >= 15 is 0 Å². The molecule has 5 rings (SSSR count). The smallest absolute Gasteiger partial charge is 0.251 e. The number of piperazine rings is 1. The molecule has 9 heteroatoms. The molecule has 2 fully saturated rings. The number of hydrogen-bond donors (Lipinski definition) is 1. The first-order valence-corrected chi connectivity index (χ1v) is 10.3. The molecule has 9 nitrogen and oxygen atoms in total. The molecule has 2 amide bonds. The van der Waals surface area contributed by atoms with E-state index < -0.39 is 0 Å². The number of amides is 2. The third kappa shape index (κ3) is 3.96. The summed E-state index contributed by atoms with van der Waals surface area (Å²) in [5.74, 6) is 0.873. The number of fused-ring (bicyclic) bond motifs is 1. The lowest BCUT2D eigenvalue weighted by Gasteiger charge is -2.35. The Morgan fingerprint density at radius 1 is 1.07 bits per heavy atom. The van der Waals surface area contributed by atoms with Gasteiger partial charge in [-0.3, -0.25) is 9.59 Å². The molecule has 1 saturated heterocycles. The molecule has 1 aliphatic heterocycles. The minimum Gasteiger partial charge on any atom is -0.352 e. The van der Waals surface area contributed by atoms with Crippen molar-refractivity contribution >= 4 is 23.3 Å². The van der Waals surface area contributed by atoms with Crippen molar-refractivity contribution in [3.63, 3.8) is 0 Å². The van der Waals surface area contributed by atoms with E-state index in [2.05, 4.69) is 25.5 Å². The van der Waals surface area contributed by atoms with Gasteiger partial charge in [0.15, 0.2) is 5.65 Å². The van der Waals surface area contributed by atoms with Crippen LogP contribution in [0, 0.1) is 0 Å². The summed E-state index contributed by atoms with van der Waals surface area (Å²) < 4.78 is 1.65. The molecule has 0 spiro atoms. The molecule has 3 aromatic rings. The van der Waals surface area contributed by atoms with E-state index in [0.717, 1.165) is 37.3 Å². The van der Waals surface area contributed by atoms with Gasteiger partial charge in [0.2, 0.25) is 5.91 Å². The van der Waals surface area contributed by atoms with Crippen LogP contribution in [0.25, 0.3) is 5.65 Å². The molecule has 0 radical (unpaired) electrons. The maximum absolute atomic E-state index is 12.8. The minimum absolute atomic E-state index is 0.0574. The first-order chi connectivity index (χ1) is 14.7. The summed E-state index contributed by atoms with van der Waals surface area (Å²) in [6.07, 6.45) is 3.99. The van der Waals surface area contributed by atoms with Gasteiger partial charge in [-0.2, -0.15) is 4.52 Å². The third-order valence-corrected chi connectivity index (χ3v) is 5.56. The van der Waals surface area contributed by atoms with Gasteiger partial charge < -0.3 is 15.1 Å². The Hall–Kier alpha value is -3.49. The summed E-state index contributed by atoms with van der Waals surface area (Å²) in [4.78, 5) is 29.1. The highest BCUT2D eigenvalue weighted by Crippen LogP contribution is 2.20. The van der Waals surface area contributed by atoms with Crippen molar-refractivity contribution in [2.75, 3.05) is 31.1 Å². The topological polar surface area (TPSA) is 95.7 Å². The van der Waals surface area contributed by atoms with Crippen LogP contribution in [0.1, 0.15) is 28.8 Å². The van der Waals surface area contributed by atoms with Gasteiger partial charge >= 0.3 is 0 Å². The van der Waals surface area contributed by atoms with Gasteiger partial charge in [-0.05, 0) is 42.7 Å². The number of aromatic nitrogens is 4. The standard InChI is InChI=1S/C21H23N7O2/c29-20(13-15-2-1-3-16(12-15)21(30)23-17-4-5-17)27-10-8-26(9-11-27)19-7-6-18-24-22-14-28(18)25-19/h1-3,6-7,12,14,17H,4-5,8-11,13H2,(H,23,30).